The monoisotopic (exact) mass is 253 g/mol. The fraction of sp³-hybridized carbons (Fsp3) is 0.857. The van der Waals surface area contributed by atoms with Crippen molar-refractivity contribution in [1.29, 1.82) is 0 Å². The molecule has 0 amide bonds. The molecule has 0 spiro atoms. The lowest BCUT2D eigenvalue weighted by Gasteiger charge is -2.16. The summed E-state index contributed by atoms with van der Waals surface area (Å²) in [6.45, 7) is 6.20. The second-order valence-corrected chi connectivity index (χ2v) is 5.30. The predicted molar refractivity (Wildman–Crippen MR) is 73.2 cm³/mol. The van der Waals surface area contributed by atoms with Gasteiger partial charge in [0.25, 0.3) is 0 Å². The van der Waals surface area contributed by atoms with Crippen molar-refractivity contribution in [3.8, 4) is 0 Å². The molecule has 1 rings (SSSR count). The highest BCUT2D eigenvalue weighted by Gasteiger charge is 2.24. The molecule has 1 aromatic heterocycles. The van der Waals surface area contributed by atoms with Crippen LogP contribution in [0.4, 0.5) is 0 Å². The first-order valence-electron chi connectivity index (χ1n) is 7.22. The zero-order valence-corrected chi connectivity index (χ0v) is 12.0. The minimum absolute atomic E-state index is 0.469. The Labute approximate surface area is 110 Å². The van der Waals surface area contributed by atoms with Crippen molar-refractivity contribution in [1.82, 2.24) is 10.1 Å². The van der Waals surface area contributed by atoms with Gasteiger partial charge in [0.2, 0.25) is 5.89 Å². The zero-order chi connectivity index (χ0) is 13.4. The van der Waals surface area contributed by atoms with Crippen LogP contribution in [0, 0.1) is 0 Å². The second kappa shape index (κ2) is 7.52. The third-order valence-electron chi connectivity index (χ3n) is 3.46. The largest absolute Gasteiger partial charge is 0.339 e. The lowest BCUT2D eigenvalue weighted by molar-refractivity contribution is 0.349. The molecule has 4 heteroatoms. The molecule has 0 saturated heterocycles. The zero-order valence-electron chi connectivity index (χ0n) is 12.0. The minimum Gasteiger partial charge on any atom is -0.339 e. The molecule has 0 aliphatic carbocycles. The molecular formula is C14H27N3O. The maximum atomic E-state index is 6.08. The van der Waals surface area contributed by atoms with Crippen LogP contribution in [0.15, 0.2) is 4.52 Å². The third kappa shape index (κ3) is 4.77. The lowest BCUT2D eigenvalue weighted by atomic mass is 10.0. The summed E-state index contributed by atoms with van der Waals surface area (Å²) in [6, 6.07) is 0. The van der Waals surface area contributed by atoms with Crippen LogP contribution in [0.1, 0.15) is 77.4 Å². The van der Waals surface area contributed by atoms with E-state index in [4.69, 9.17) is 10.3 Å². The second-order valence-electron chi connectivity index (χ2n) is 5.30. The number of nitrogens with zero attached hydrogens (tertiary/aromatic N) is 2. The van der Waals surface area contributed by atoms with E-state index in [0.717, 1.165) is 25.2 Å². The summed E-state index contributed by atoms with van der Waals surface area (Å²) in [6.07, 6.45) is 9.32. The highest BCUT2D eigenvalue weighted by molar-refractivity contribution is 5.00. The first-order valence-corrected chi connectivity index (χ1v) is 7.22. The van der Waals surface area contributed by atoms with Gasteiger partial charge in [0.05, 0.1) is 5.54 Å². The van der Waals surface area contributed by atoms with E-state index in [1.165, 1.54) is 32.1 Å². The third-order valence-corrected chi connectivity index (χ3v) is 3.46. The lowest BCUT2D eigenvalue weighted by Crippen LogP contribution is -2.33. The Balaban J connectivity index is 2.27. The maximum absolute atomic E-state index is 6.08. The molecule has 0 fully saturated rings. The molecule has 0 saturated carbocycles. The first kappa shape index (κ1) is 15.2. The van der Waals surface area contributed by atoms with E-state index in [1.807, 2.05) is 13.8 Å². The van der Waals surface area contributed by atoms with Crippen LogP contribution in [-0.4, -0.2) is 10.1 Å². The number of nitrogens with two attached hydrogens (primary N) is 1. The molecular weight excluding hydrogens is 226 g/mol. The number of unbranched alkanes of at least 4 members (excludes halogenated alkanes) is 5. The van der Waals surface area contributed by atoms with Crippen LogP contribution in [-0.2, 0) is 12.0 Å². The minimum atomic E-state index is -0.469. The number of rotatable bonds is 9. The Bertz CT molecular complexity index is 334. The topological polar surface area (TPSA) is 64.9 Å². The summed E-state index contributed by atoms with van der Waals surface area (Å²) in [7, 11) is 0. The highest BCUT2D eigenvalue weighted by Crippen LogP contribution is 2.18. The Morgan fingerprint density at radius 1 is 1.11 bits per heavy atom. The average molecular weight is 253 g/mol. The molecule has 18 heavy (non-hydrogen) atoms. The Morgan fingerprint density at radius 3 is 2.44 bits per heavy atom. The molecule has 4 nitrogen and oxygen atoms in total. The summed E-state index contributed by atoms with van der Waals surface area (Å²) in [5, 5.41) is 3.98. The number of hydrogen-bond donors (Lipinski definition) is 1. The van der Waals surface area contributed by atoms with Gasteiger partial charge in [-0.15, -0.1) is 0 Å². The Kier molecular flexibility index (Phi) is 6.33. The van der Waals surface area contributed by atoms with Crippen molar-refractivity contribution in [3.63, 3.8) is 0 Å². The summed E-state index contributed by atoms with van der Waals surface area (Å²) < 4.78 is 5.24. The van der Waals surface area contributed by atoms with Crippen molar-refractivity contribution in [2.45, 2.75) is 77.7 Å². The molecule has 0 radical (unpaired) electrons. The van der Waals surface area contributed by atoms with Gasteiger partial charge in [-0.25, -0.2) is 0 Å². The van der Waals surface area contributed by atoms with Crippen molar-refractivity contribution in [3.05, 3.63) is 11.7 Å². The molecule has 0 aliphatic heterocycles. The molecule has 2 N–H and O–H groups in total. The maximum Gasteiger partial charge on any atom is 0.226 e. The number of hydrogen-bond acceptors (Lipinski definition) is 4. The van der Waals surface area contributed by atoms with Gasteiger partial charge < -0.3 is 10.3 Å². The molecule has 1 atom stereocenters. The van der Waals surface area contributed by atoms with Gasteiger partial charge in [0, 0.05) is 6.42 Å². The van der Waals surface area contributed by atoms with E-state index in [1.54, 1.807) is 0 Å². The van der Waals surface area contributed by atoms with Gasteiger partial charge in [0.1, 0.15) is 0 Å². The molecule has 1 heterocycles. The normalized spacial score (nSPS) is 14.7. The average Bonchev–Trinajstić information content (AvgIpc) is 2.83. The number of aryl methyl sites for hydroxylation is 1. The summed E-state index contributed by atoms with van der Waals surface area (Å²) in [4.78, 5) is 4.38. The van der Waals surface area contributed by atoms with E-state index in [2.05, 4.69) is 17.1 Å². The fourth-order valence-electron chi connectivity index (χ4n) is 1.80. The van der Waals surface area contributed by atoms with Crippen LogP contribution >= 0.6 is 0 Å². The smallest absolute Gasteiger partial charge is 0.226 e. The highest BCUT2D eigenvalue weighted by atomic mass is 16.5. The SMILES string of the molecule is CCCCCCCCc1nc(C(C)(N)CC)no1. The van der Waals surface area contributed by atoms with Crippen molar-refractivity contribution < 1.29 is 4.52 Å². The van der Waals surface area contributed by atoms with Gasteiger partial charge in [0.15, 0.2) is 5.82 Å². The predicted octanol–water partition coefficient (Wildman–Crippen LogP) is 3.56. The first-order chi connectivity index (χ1) is 8.60. The van der Waals surface area contributed by atoms with Crippen LogP contribution in [0.2, 0.25) is 0 Å². The van der Waals surface area contributed by atoms with Crippen LogP contribution < -0.4 is 5.73 Å². The summed E-state index contributed by atoms with van der Waals surface area (Å²) in [5.41, 5.74) is 5.61. The molecule has 1 unspecified atom stereocenters. The standard InChI is InChI=1S/C14H27N3O/c1-4-6-7-8-9-10-11-12-16-13(17-18-12)14(3,15)5-2/h4-11,15H2,1-3H3. The molecule has 104 valence electrons. The summed E-state index contributed by atoms with van der Waals surface area (Å²) >= 11 is 0. The molecule has 0 aromatic carbocycles. The van der Waals surface area contributed by atoms with Gasteiger partial charge in [-0.1, -0.05) is 51.1 Å². The molecule has 0 bridgehead atoms. The fourth-order valence-corrected chi connectivity index (χ4v) is 1.80. The number of aromatic nitrogens is 2. The molecule has 0 aliphatic rings. The van der Waals surface area contributed by atoms with Crippen molar-refractivity contribution in [2.24, 2.45) is 5.73 Å². The van der Waals surface area contributed by atoms with Crippen LogP contribution in [0.25, 0.3) is 0 Å². The van der Waals surface area contributed by atoms with Gasteiger partial charge in [-0.05, 0) is 19.8 Å². The quantitative estimate of drug-likeness (QED) is 0.683. The van der Waals surface area contributed by atoms with E-state index >= 15 is 0 Å². The van der Waals surface area contributed by atoms with E-state index in [0.29, 0.717) is 5.82 Å². The molecule has 1 aromatic rings. The van der Waals surface area contributed by atoms with Crippen LogP contribution in [0.3, 0.4) is 0 Å². The Hall–Kier alpha value is -0.900. The van der Waals surface area contributed by atoms with Gasteiger partial charge in [-0.3, -0.25) is 0 Å². The summed E-state index contributed by atoms with van der Waals surface area (Å²) in [5.74, 6) is 1.36. The van der Waals surface area contributed by atoms with E-state index in [-0.39, 0.29) is 0 Å². The van der Waals surface area contributed by atoms with Gasteiger partial charge >= 0.3 is 0 Å². The van der Waals surface area contributed by atoms with Crippen molar-refractivity contribution in [2.75, 3.05) is 0 Å². The van der Waals surface area contributed by atoms with E-state index < -0.39 is 5.54 Å². The van der Waals surface area contributed by atoms with Crippen LogP contribution in [0.5, 0.6) is 0 Å². The van der Waals surface area contributed by atoms with Gasteiger partial charge in [-0.2, -0.15) is 4.98 Å². The van der Waals surface area contributed by atoms with Crippen molar-refractivity contribution >= 4 is 0 Å². The van der Waals surface area contributed by atoms with E-state index in [9.17, 15) is 0 Å². The Morgan fingerprint density at radius 2 is 1.78 bits per heavy atom.